The molecule has 2 aliphatic heterocycles. The van der Waals surface area contributed by atoms with Crippen LogP contribution in [0.4, 0.5) is 0 Å². The van der Waals surface area contributed by atoms with Gasteiger partial charge >= 0.3 is 0 Å². The van der Waals surface area contributed by atoms with Gasteiger partial charge < -0.3 is 0 Å². The van der Waals surface area contributed by atoms with Crippen LogP contribution < -0.4 is 5.32 Å². The maximum atomic E-state index is 12.5. The van der Waals surface area contributed by atoms with Crippen molar-refractivity contribution in [3.05, 3.63) is 35.5 Å². The van der Waals surface area contributed by atoms with Gasteiger partial charge in [0.05, 0.1) is 5.57 Å². The van der Waals surface area contributed by atoms with Gasteiger partial charge in [-0.3, -0.25) is 29.4 Å². The number of carbonyl (C=O) groups excluding carboxylic acids is 4. The summed E-state index contributed by atoms with van der Waals surface area (Å²) in [7, 11) is 0. The number of imide groups is 2. The molecule has 2 aliphatic rings. The summed E-state index contributed by atoms with van der Waals surface area (Å²) < 4.78 is 0. The van der Waals surface area contributed by atoms with Crippen molar-refractivity contribution in [1.29, 1.82) is 0 Å². The molecule has 0 spiro atoms. The Bertz CT molecular complexity index is 629. The largest absolute Gasteiger partial charge is 0.295 e. The summed E-state index contributed by atoms with van der Waals surface area (Å²) in [6.07, 6.45) is 3.71. The molecule has 0 radical (unpaired) electrons. The molecule has 6 nitrogen and oxygen atoms in total. The number of likely N-dealkylation sites (tertiary alicyclic amines) is 1. The van der Waals surface area contributed by atoms with E-state index < -0.39 is 29.7 Å². The molecule has 124 valence electrons. The molecule has 0 saturated carbocycles. The maximum Gasteiger partial charge on any atom is 0.262 e. The Morgan fingerprint density at radius 3 is 2.35 bits per heavy atom. The summed E-state index contributed by atoms with van der Waals surface area (Å²) >= 11 is 0. The highest BCUT2D eigenvalue weighted by Crippen LogP contribution is 2.30. The van der Waals surface area contributed by atoms with Crippen LogP contribution in [0.25, 0.3) is 0 Å². The molecular formula is C17H22N2O4. The smallest absolute Gasteiger partial charge is 0.262 e. The standard InChI is InChI=1S/C15H16N2O4.C2H6/c1-4-5-8(2)12-9(3)14(20)17(15(12)21)10-6-7-11(18)16-13(10)19;1-2/h4-5,10H,3,6-7H2,1-2H3,(H,16,18,19);1-2H3/b5-4-,12-8+;. The van der Waals surface area contributed by atoms with Crippen molar-refractivity contribution in [3.63, 3.8) is 0 Å². The topological polar surface area (TPSA) is 83.6 Å². The first-order chi connectivity index (χ1) is 10.9. The van der Waals surface area contributed by atoms with E-state index in [2.05, 4.69) is 11.9 Å². The number of piperidine rings is 1. The Morgan fingerprint density at radius 1 is 1.22 bits per heavy atom. The summed E-state index contributed by atoms with van der Waals surface area (Å²) in [6, 6.07) is -0.949. The molecule has 0 aromatic carbocycles. The van der Waals surface area contributed by atoms with E-state index in [1.54, 1.807) is 26.0 Å². The van der Waals surface area contributed by atoms with Gasteiger partial charge in [0, 0.05) is 12.0 Å². The lowest BCUT2D eigenvalue weighted by Crippen LogP contribution is -2.54. The molecule has 0 aromatic rings. The maximum absolute atomic E-state index is 12.5. The minimum atomic E-state index is -0.949. The molecule has 4 amide bonds. The predicted octanol–water partition coefficient (Wildman–Crippen LogP) is 1.64. The van der Waals surface area contributed by atoms with Gasteiger partial charge in [0.25, 0.3) is 11.8 Å². The Balaban J connectivity index is 0.00000127. The number of hydrogen-bond donors (Lipinski definition) is 1. The second kappa shape index (κ2) is 7.67. The fraction of sp³-hybridized carbons (Fsp3) is 0.412. The molecule has 0 aliphatic carbocycles. The van der Waals surface area contributed by atoms with E-state index in [9.17, 15) is 19.2 Å². The Labute approximate surface area is 135 Å². The van der Waals surface area contributed by atoms with Crippen molar-refractivity contribution in [2.75, 3.05) is 0 Å². The number of amides is 4. The number of hydrogen-bond acceptors (Lipinski definition) is 4. The first-order valence-electron chi connectivity index (χ1n) is 7.63. The van der Waals surface area contributed by atoms with Crippen LogP contribution >= 0.6 is 0 Å². The third kappa shape index (κ3) is 3.47. The van der Waals surface area contributed by atoms with Gasteiger partial charge in [0.2, 0.25) is 11.8 Å². The highest BCUT2D eigenvalue weighted by molar-refractivity contribution is 6.26. The molecule has 2 saturated heterocycles. The lowest BCUT2D eigenvalue weighted by Gasteiger charge is -2.27. The van der Waals surface area contributed by atoms with Crippen LogP contribution in [0.2, 0.25) is 0 Å². The monoisotopic (exact) mass is 318 g/mol. The predicted molar refractivity (Wildman–Crippen MR) is 86.0 cm³/mol. The minimum absolute atomic E-state index is 0.0836. The molecule has 2 rings (SSSR count). The molecule has 0 bridgehead atoms. The average molecular weight is 318 g/mol. The quantitative estimate of drug-likeness (QED) is 0.619. The SMILES string of the molecule is C=C1C(=O)N(C2CCC(=O)NC2=O)C(=O)/C1=C(C)/C=C\C.CC. The van der Waals surface area contributed by atoms with E-state index in [1.165, 1.54) is 0 Å². The first-order valence-corrected chi connectivity index (χ1v) is 7.63. The lowest BCUT2D eigenvalue weighted by molar-refractivity contribution is -0.149. The van der Waals surface area contributed by atoms with Gasteiger partial charge in [-0.15, -0.1) is 0 Å². The Kier molecular flexibility index (Phi) is 6.18. The summed E-state index contributed by atoms with van der Waals surface area (Å²) in [5, 5.41) is 2.15. The number of nitrogens with zero attached hydrogens (tertiary/aromatic N) is 1. The van der Waals surface area contributed by atoms with E-state index >= 15 is 0 Å². The Morgan fingerprint density at radius 2 is 1.83 bits per heavy atom. The van der Waals surface area contributed by atoms with Crippen LogP contribution in [-0.4, -0.2) is 34.6 Å². The lowest BCUT2D eigenvalue weighted by atomic mass is 10.0. The molecule has 1 atom stereocenters. The van der Waals surface area contributed by atoms with Gasteiger partial charge in [0.1, 0.15) is 6.04 Å². The van der Waals surface area contributed by atoms with Crippen LogP contribution in [0.3, 0.4) is 0 Å². The van der Waals surface area contributed by atoms with Crippen molar-refractivity contribution in [3.8, 4) is 0 Å². The van der Waals surface area contributed by atoms with E-state index in [0.717, 1.165) is 4.90 Å². The molecule has 1 N–H and O–H groups in total. The van der Waals surface area contributed by atoms with Gasteiger partial charge in [0.15, 0.2) is 0 Å². The zero-order valence-corrected chi connectivity index (χ0v) is 13.9. The third-order valence-electron chi connectivity index (χ3n) is 3.54. The fourth-order valence-electron chi connectivity index (χ4n) is 2.55. The zero-order valence-electron chi connectivity index (χ0n) is 13.9. The van der Waals surface area contributed by atoms with Crippen molar-refractivity contribution >= 4 is 23.6 Å². The highest BCUT2D eigenvalue weighted by atomic mass is 16.2. The molecule has 2 heterocycles. The summed E-state index contributed by atoms with van der Waals surface area (Å²) in [5.41, 5.74) is 0.929. The van der Waals surface area contributed by atoms with Crippen molar-refractivity contribution in [1.82, 2.24) is 10.2 Å². The molecular weight excluding hydrogens is 296 g/mol. The summed E-state index contributed by atoms with van der Waals surface area (Å²) in [4.78, 5) is 48.6. The van der Waals surface area contributed by atoms with Crippen molar-refractivity contribution < 1.29 is 19.2 Å². The molecule has 2 fully saturated rings. The number of rotatable bonds is 2. The van der Waals surface area contributed by atoms with Crippen LogP contribution in [-0.2, 0) is 19.2 Å². The second-order valence-electron chi connectivity index (χ2n) is 4.98. The first kappa shape index (κ1) is 18.5. The van der Waals surface area contributed by atoms with E-state index in [0.29, 0.717) is 5.57 Å². The van der Waals surface area contributed by atoms with Crippen molar-refractivity contribution in [2.24, 2.45) is 0 Å². The summed E-state index contributed by atoms with van der Waals surface area (Å²) in [6.45, 7) is 11.2. The Hall–Kier alpha value is -2.50. The highest BCUT2D eigenvalue weighted by Gasteiger charge is 2.46. The molecule has 0 aromatic heterocycles. The average Bonchev–Trinajstić information content (AvgIpc) is 2.73. The van der Waals surface area contributed by atoms with Gasteiger partial charge in [-0.25, -0.2) is 0 Å². The fourth-order valence-corrected chi connectivity index (χ4v) is 2.55. The van der Waals surface area contributed by atoms with E-state index in [4.69, 9.17) is 0 Å². The molecule has 1 unspecified atom stereocenters. The normalized spacial score (nSPS) is 23.9. The van der Waals surface area contributed by atoms with E-state index in [1.807, 2.05) is 13.8 Å². The van der Waals surface area contributed by atoms with Gasteiger partial charge in [-0.1, -0.05) is 32.6 Å². The zero-order chi connectivity index (χ0) is 17.7. The number of carbonyl (C=O) groups is 4. The van der Waals surface area contributed by atoms with Crippen LogP contribution in [0.1, 0.15) is 40.5 Å². The van der Waals surface area contributed by atoms with Crippen molar-refractivity contribution in [2.45, 2.75) is 46.6 Å². The van der Waals surface area contributed by atoms with Crippen LogP contribution in [0.15, 0.2) is 35.5 Å². The number of allylic oxidation sites excluding steroid dienone is 3. The minimum Gasteiger partial charge on any atom is -0.295 e. The third-order valence-corrected chi connectivity index (χ3v) is 3.54. The molecule has 6 heteroatoms. The molecule has 23 heavy (non-hydrogen) atoms. The number of nitrogens with one attached hydrogen (secondary N) is 1. The van der Waals surface area contributed by atoms with Gasteiger partial charge in [-0.2, -0.15) is 0 Å². The summed E-state index contributed by atoms with van der Waals surface area (Å²) in [5.74, 6) is -2.12. The van der Waals surface area contributed by atoms with Gasteiger partial charge in [-0.05, 0) is 25.8 Å². The second-order valence-corrected chi connectivity index (χ2v) is 4.98. The van der Waals surface area contributed by atoms with Crippen LogP contribution in [0, 0.1) is 0 Å². The van der Waals surface area contributed by atoms with E-state index in [-0.39, 0.29) is 24.0 Å². The van der Waals surface area contributed by atoms with Crippen LogP contribution in [0.5, 0.6) is 0 Å².